The molecule has 2 aromatic rings. The third-order valence-corrected chi connectivity index (χ3v) is 6.11. The number of Topliss-reactive ketones (excluding diaryl/α,β-unsaturated/α-hetero) is 1. The lowest BCUT2D eigenvalue weighted by molar-refractivity contribution is -0.137. The maximum atomic E-state index is 13.3. The van der Waals surface area contributed by atoms with Gasteiger partial charge in [-0.1, -0.05) is 42.3 Å². The molecular weight excluding hydrogens is 429 g/mol. The largest absolute Gasteiger partial charge is 0.416 e. The van der Waals surface area contributed by atoms with Crippen LogP contribution in [-0.2, 0) is 11.0 Å². The first-order chi connectivity index (χ1) is 14.7. The average molecular weight is 449 g/mol. The van der Waals surface area contributed by atoms with Gasteiger partial charge in [0.15, 0.2) is 5.78 Å². The van der Waals surface area contributed by atoms with E-state index in [1.165, 1.54) is 17.0 Å². The molecule has 0 atom stereocenters. The summed E-state index contributed by atoms with van der Waals surface area (Å²) in [4.78, 5) is 32.4. The van der Waals surface area contributed by atoms with Crippen LogP contribution in [0.5, 0.6) is 0 Å². The molecule has 0 unspecified atom stereocenters. The standard InChI is InChI=1S/C23H20ClF3N2O2/c24-18-9-7-15(8-10-18)20-21(31)29(22(28-20)11-2-1-3-12-22)14-19(30)16-5-4-6-17(13-16)23(25,26)27/h4-10,13H,1-3,11-12,14H2. The van der Waals surface area contributed by atoms with Crippen LogP contribution in [0, 0.1) is 0 Å². The van der Waals surface area contributed by atoms with Gasteiger partial charge in [-0.05, 0) is 49.9 Å². The number of hydrogen-bond acceptors (Lipinski definition) is 3. The van der Waals surface area contributed by atoms with Gasteiger partial charge >= 0.3 is 6.18 Å². The number of aliphatic imine (C=N–C) groups is 1. The molecule has 1 amide bonds. The summed E-state index contributed by atoms with van der Waals surface area (Å²) in [5.74, 6) is -0.929. The van der Waals surface area contributed by atoms with Gasteiger partial charge in [-0.25, -0.2) is 0 Å². The van der Waals surface area contributed by atoms with Gasteiger partial charge in [0.2, 0.25) is 0 Å². The maximum absolute atomic E-state index is 13.3. The van der Waals surface area contributed by atoms with E-state index in [9.17, 15) is 22.8 Å². The predicted molar refractivity (Wildman–Crippen MR) is 111 cm³/mol. The van der Waals surface area contributed by atoms with Crippen molar-refractivity contribution in [1.29, 1.82) is 0 Å². The number of carbonyl (C=O) groups excluding carboxylic acids is 2. The third kappa shape index (κ3) is 4.24. The Balaban J connectivity index is 1.65. The third-order valence-electron chi connectivity index (χ3n) is 5.86. The van der Waals surface area contributed by atoms with E-state index in [0.717, 1.165) is 31.4 Å². The number of nitrogens with zero attached hydrogens (tertiary/aromatic N) is 2. The van der Waals surface area contributed by atoms with Crippen molar-refractivity contribution >= 4 is 29.0 Å². The Morgan fingerprint density at radius 3 is 2.39 bits per heavy atom. The fourth-order valence-electron chi connectivity index (χ4n) is 4.25. The van der Waals surface area contributed by atoms with Crippen molar-refractivity contribution in [3.8, 4) is 0 Å². The van der Waals surface area contributed by atoms with Crippen LogP contribution in [0.2, 0.25) is 5.02 Å². The van der Waals surface area contributed by atoms with Crippen molar-refractivity contribution < 1.29 is 22.8 Å². The van der Waals surface area contributed by atoms with E-state index >= 15 is 0 Å². The van der Waals surface area contributed by atoms with Gasteiger partial charge in [0, 0.05) is 16.1 Å². The number of halogens is 4. The van der Waals surface area contributed by atoms with Crippen LogP contribution in [0.25, 0.3) is 0 Å². The Hall–Kier alpha value is -2.67. The van der Waals surface area contributed by atoms with E-state index in [1.807, 2.05) is 0 Å². The molecule has 162 valence electrons. The van der Waals surface area contributed by atoms with Crippen LogP contribution in [0.3, 0.4) is 0 Å². The monoisotopic (exact) mass is 448 g/mol. The fraction of sp³-hybridized carbons (Fsp3) is 0.348. The Bertz CT molecular complexity index is 1040. The van der Waals surface area contributed by atoms with Crippen LogP contribution in [0.1, 0.15) is 53.6 Å². The highest BCUT2D eigenvalue weighted by molar-refractivity contribution is 6.47. The zero-order valence-corrected chi connectivity index (χ0v) is 17.3. The van der Waals surface area contributed by atoms with Crippen LogP contribution >= 0.6 is 11.6 Å². The summed E-state index contributed by atoms with van der Waals surface area (Å²) in [6, 6.07) is 11.0. The van der Waals surface area contributed by atoms with Crippen LogP contribution in [0.4, 0.5) is 13.2 Å². The van der Waals surface area contributed by atoms with Crippen LogP contribution < -0.4 is 0 Å². The summed E-state index contributed by atoms with van der Waals surface area (Å²) >= 11 is 5.95. The second-order valence-electron chi connectivity index (χ2n) is 7.90. The highest BCUT2D eigenvalue weighted by Gasteiger charge is 2.48. The molecule has 31 heavy (non-hydrogen) atoms. The summed E-state index contributed by atoms with van der Waals surface area (Å²) in [5.41, 5.74) is -0.935. The van der Waals surface area contributed by atoms with Gasteiger partial charge in [0.1, 0.15) is 11.4 Å². The first kappa shape index (κ1) is 21.6. The van der Waals surface area contributed by atoms with E-state index in [-0.39, 0.29) is 23.7 Å². The van der Waals surface area contributed by atoms with E-state index in [0.29, 0.717) is 23.4 Å². The molecule has 1 heterocycles. The minimum Gasteiger partial charge on any atom is -0.305 e. The van der Waals surface area contributed by atoms with E-state index in [4.69, 9.17) is 16.6 Å². The molecule has 1 aliphatic carbocycles. The molecule has 4 nitrogen and oxygen atoms in total. The highest BCUT2D eigenvalue weighted by atomic mass is 35.5. The van der Waals surface area contributed by atoms with Gasteiger partial charge in [-0.3, -0.25) is 14.6 Å². The number of carbonyl (C=O) groups is 2. The quantitative estimate of drug-likeness (QED) is 0.577. The molecule has 1 fully saturated rings. The maximum Gasteiger partial charge on any atom is 0.416 e. The Labute approximate surface area is 182 Å². The summed E-state index contributed by atoms with van der Waals surface area (Å²) < 4.78 is 39.1. The summed E-state index contributed by atoms with van der Waals surface area (Å²) in [5, 5.41) is 0.527. The van der Waals surface area contributed by atoms with E-state index < -0.39 is 23.2 Å². The fourth-order valence-corrected chi connectivity index (χ4v) is 4.38. The Morgan fingerprint density at radius 2 is 1.74 bits per heavy atom. The van der Waals surface area contributed by atoms with Gasteiger partial charge in [0.25, 0.3) is 5.91 Å². The molecule has 0 saturated heterocycles. The molecule has 1 saturated carbocycles. The van der Waals surface area contributed by atoms with Crippen LogP contribution in [-0.4, -0.2) is 34.5 Å². The van der Waals surface area contributed by atoms with Gasteiger partial charge < -0.3 is 4.90 Å². The number of hydrogen-bond donors (Lipinski definition) is 0. The summed E-state index contributed by atoms with van der Waals surface area (Å²) in [6.07, 6.45) is -0.582. The van der Waals surface area contributed by atoms with Crippen molar-refractivity contribution in [1.82, 2.24) is 4.90 Å². The lowest BCUT2D eigenvalue weighted by atomic mass is 9.88. The molecular formula is C23H20ClF3N2O2. The van der Waals surface area contributed by atoms with Crippen molar-refractivity contribution in [2.24, 2.45) is 4.99 Å². The number of benzene rings is 2. The first-order valence-electron chi connectivity index (χ1n) is 10.1. The zero-order chi connectivity index (χ0) is 22.2. The molecule has 0 radical (unpaired) electrons. The second kappa shape index (κ2) is 8.11. The van der Waals surface area contributed by atoms with Crippen molar-refractivity contribution in [3.63, 3.8) is 0 Å². The number of alkyl halides is 3. The van der Waals surface area contributed by atoms with E-state index in [2.05, 4.69) is 0 Å². The smallest absolute Gasteiger partial charge is 0.305 e. The highest BCUT2D eigenvalue weighted by Crippen LogP contribution is 2.40. The molecule has 1 aliphatic heterocycles. The summed E-state index contributed by atoms with van der Waals surface area (Å²) in [7, 11) is 0. The van der Waals surface area contributed by atoms with Gasteiger partial charge in [0.05, 0.1) is 12.1 Å². The molecule has 1 spiro atoms. The minimum atomic E-state index is -4.55. The first-order valence-corrected chi connectivity index (χ1v) is 10.5. The average Bonchev–Trinajstić information content (AvgIpc) is 3.00. The lowest BCUT2D eigenvalue weighted by Gasteiger charge is -2.38. The number of ketones is 1. The van der Waals surface area contributed by atoms with Crippen LogP contribution in [0.15, 0.2) is 53.5 Å². The lowest BCUT2D eigenvalue weighted by Crippen LogP contribution is -2.50. The SMILES string of the molecule is O=C(CN1C(=O)C(c2ccc(Cl)cc2)=NC12CCCCC2)c1cccc(C(F)(F)F)c1. The van der Waals surface area contributed by atoms with Crippen molar-refractivity contribution in [3.05, 3.63) is 70.2 Å². The zero-order valence-electron chi connectivity index (χ0n) is 16.6. The number of amides is 1. The number of rotatable bonds is 4. The molecule has 0 aromatic heterocycles. The van der Waals surface area contributed by atoms with Gasteiger partial charge in [-0.15, -0.1) is 0 Å². The Morgan fingerprint density at radius 1 is 1.06 bits per heavy atom. The molecule has 0 bridgehead atoms. The predicted octanol–water partition coefficient (Wildman–Crippen LogP) is 5.53. The van der Waals surface area contributed by atoms with Gasteiger partial charge in [-0.2, -0.15) is 13.2 Å². The van der Waals surface area contributed by atoms with Crippen molar-refractivity contribution in [2.75, 3.05) is 6.54 Å². The molecule has 2 aliphatic rings. The normalized spacial score (nSPS) is 18.4. The molecule has 0 N–H and O–H groups in total. The molecule has 4 rings (SSSR count). The molecule has 8 heteroatoms. The van der Waals surface area contributed by atoms with Crippen molar-refractivity contribution in [2.45, 2.75) is 43.9 Å². The Kier molecular flexibility index (Phi) is 5.64. The molecule has 2 aromatic carbocycles. The minimum absolute atomic E-state index is 0.0754. The van der Waals surface area contributed by atoms with E-state index in [1.54, 1.807) is 24.3 Å². The summed E-state index contributed by atoms with van der Waals surface area (Å²) in [6.45, 7) is -0.319. The second-order valence-corrected chi connectivity index (χ2v) is 8.34. The topological polar surface area (TPSA) is 49.7 Å².